The van der Waals surface area contributed by atoms with Crippen molar-refractivity contribution in [2.75, 3.05) is 30.3 Å². The van der Waals surface area contributed by atoms with E-state index < -0.39 is 0 Å². The van der Waals surface area contributed by atoms with Gasteiger partial charge in [0.1, 0.15) is 5.82 Å². The van der Waals surface area contributed by atoms with Crippen molar-refractivity contribution in [1.82, 2.24) is 25.1 Å². The Morgan fingerprint density at radius 2 is 2.00 bits per heavy atom. The number of fused-ring (bicyclic) bond motifs is 1. The molecule has 0 spiro atoms. The predicted molar refractivity (Wildman–Crippen MR) is 113 cm³/mol. The van der Waals surface area contributed by atoms with E-state index in [0.29, 0.717) is 25.4 Å². The Kier molecular flexibility index (Phi) is 6.34. The predicted octanol–water partition coefficient (Wildman–Crippen LogP) is 3.24. The SMILES string of the molecule is CCSc1nc(N2CCCC2)c2cnn(CCNC(=O)CC3CCCC3)c2n1. The molecule has 0 unspecified atom stereocenters. The molecule has 4 rings (SSSR count). The van der Waals surface area contributed by atoms with Crippen molar-refractivity contribution in [3.8, 4) is 0 Å². The lowest BCUT2D eigenvalue weighted by Crippen LogP contribution is -2.28. The molecule has 1 saturated heterocycles. The molecule has 1 aliphatic heterocycles. The summed E-state index contributed by atoms with van der Waals surface area (Å²) < 4.78 is 1.91. The molecule has 0 aromatic carbocycles. The van der Waals surface area contributed by atoms with Crippen molar-refractivity contribution < 1.29 is 4.79 Å². The standard InChI is InChI=1S/C20H30N6OS/c1-2-28-20-23-18(25-10-5-6-11-25)16-14-22-26(19(16)24-20)12-9-21-17(27)13-15-7-3-4-8-15/h14-15H,2-13H2,1H3,(H,21,27). The van der Waals surface area contributed by atoms with Gasteiger partial charge in [0.25, 0.3) is 0 Å². The maximum absolute atomic E-state index is 12.2. The molecule has 1 aliphatic carbocycles. The van der Waals surface area contributed by atoms with Gasteiger partial charge in [-0.2, -0.15) is 5.10 Å². The minimum absolute atomic E-state index is 0.165. The van der Waals surface area contributed by atoms with Gasteiger partial charge in [0.15, 0.2) is 10.8 Å². The summed E-state index contributed by atoms with van der Waals surface area (Å²) in [5.74, 6) is 2.69. The number of nitrogens with zero attached hydrogens (tertiary/aromatic N) is 5. The number of hydrogen-bond donors (Lipinski definition) is 1. The molecule has 28 heavy (non-hydrogen) atoms. The van der Waals surface area contributed by atoms with Crippen LogP contribution in [-0.2, 0) is 11.3 Å². The molecule has 1 N–H and O–H groups in total. The molecule has 2 aromatic heterocycles. The van der Waals surface area contributed by atoms with Crippen LogP contribution in [0.4, 0.5) is 5.82 Å². The first-order valence-electron chi connectivity index (χ1n) is 10.6. The normalized spacial score (nSPS) is 17.7. The first kappa shape index (κ1) is 19.5. The van der Waals surface area contributed by atoms with E-state index in [-0.39, 0.29) is 5.91 Å². The molecule has 152 valence electrons. The summed E-state index contributed by atoms with van der Waals surface area (Å²) in [6, 6.07) is 0. The highest BCUT2D eigenvalue weighted by Crippen LogP contribution is 2.29. The lowest BCUT2D eigenvalue weighted by Gasteiger charge is -2.17. The van der Waals surface area contributed by atoms with Crippen LogP contribution in [0, 0.1) is 5.92 Å². The number of hydrogen-bond acceptors (Lipinski definition) is 6. The van der Waals surface area contributed by atoms with Crippen molar-refractivity contribution in [2.24, 2.45) is 5.92 Å². The average Bonchev–Trinajstić information content (AvgIpc) is 3.44. The summed E-state index contributed by atoms with van der Waals surface area (Å²) in [7, 11) is 0. The van der Waals surface area contributed by atoms with Crippen molar-refractivity contribution in [2.45, 2.75) is 63.6 Å². The maximum atomic E-state index is 12.2. The van der Waals surface area contributed by atoms with Crippen molar-refractivity contribution in [3.05, 3.63) is 6.20 Å². The van der Waals surface area contributed by atoms with Gasteiger partial charge in [-0.15, -0.1) is 0 Å². The van der Waals surface area contributed by atoms with E-state index in [1.807, 2.05) is 10.9 Å². The van der Waals surface area contributed by atoms with Crippen LogP contribution >= 0.6 is 11.8 Å². The molecule has 2 fully saturated rings. The molecule has 8 heteroatoms. The van der Waals surface area contributed by atoms with E-state index in [4.69, 9.17) is 9.97 Å². The van der Waals surface area contributed by atoms with Gasteiger partial charge in [-0.25, -0.2) is 14.6 Å². The lowest BCUT2D eigenvalue weighted by atomic mass is 10.0. The quantitative estimate of drug-likeness (QED) is 0.540. The van der Waals surface area contributed by atoms with Gasteiger partial charge >= 0.3 is 0 Å². The number of thioether (sulfide) groups is 1. The molecule has 7 nitrogen and oxygen atoms in total. The third kappa shape index (κ3) is 4.42. The van der Waals surface area contributed by atoms with Crippen LogP contribution < -0.4 is 10.2 Å². The zero-order valence-electron chi connectivity index (χ0n) is 16.7. The lowest BCUT2D eigenvalue weighted by molar-refractivity contribution is -0.122. The zero-order chi connectivity index (χ0) is 19.3. The highest BCUT2D eigenvalue weighted by atomic mass is 32.2. The minimum atomic E-state index is 0.165. The van der Waals surface area contributed by atoms with Crippen LogP contribution in [0.2, 0.25) is 0 Å². The molecule has 2 aliphatic rings. The van der Waals surface area contributed by atoms with Crippen LogP contribution in [0.3, 0.4) is 0 Å². The van der Waals surface area contributed by atoms with Crippen LogP contribution in [0.15, 0.2) is 11.4 Å². The highest BCUT2D eigenvalue weighted by molar-refractivity contribution is 7.99. The molecule has 0 bridgehead atoms. The Balaban J connectivity index is 1.45. The molecule has 2 aromatic rings. The number of rotatable bonds is 8. The Hall–Kier alpha value is -1.83. The van der Waals surface area contributed by atoms with Crippen molar-refractivity contribution in [3.63, 3.8) is 0 Å². The number of carbonyl (C=O) groups is 1. The summed E-state index contributed by atoms with van der Waals surface area (Å²) in [5.41, 5.74) is 0.873. The molecule has 1 amide bonds. The second-order valence-electron chi connectivity index (χ2n) is 7.77. The van der Waals surface area contributed by atoms with Crippen LogP contribution in [-0.4, -0.2) is 51.0 Å². The topological polar surface area (TPSA) is 75.9 Å². The summed E-state index contributed by atoms with van der Waals surface area (Å²) in [6.45, 7) is 5.43. The van der Waals surface area contributed by atoms with Gasteiger partial charge < -0.3 is 10.2 Å². The Morgan fingerprint density at radius 1 is 1.21 bits per heavy atom. The van der Waals surface area contributed by atoms with Gasteiger partial charge in [0.05, 0.1) is 18.1 Å². The van der Waals surface area contributed by atoms with E-state index in [0.717, 1.165) is 40.9 Å². The maximum Gasteiger partial charge on any atom is 0.220 e. The summed E-state index contributed by atoms with van der Waals surface area (Å²) in [6.07, 6.45) is 9.91. The van der Waals surface area contributed by atoms with Gasteiger partial charge in [0.2, 0.25) is 5.91 Å². The van der Waals surface area contributed by atoms with E-state index >= 15 is 0 Å². The fourth-order valence-electron chi connectivity index (χ4n) is 4.30. The molecule has 1 saturated carbocycles. The van der Waals surface area contributed by atoms with Gasteiger partial charge in [-0.1, -0.05) is 31.5 Å². The fourth-order valence-corrected chi connectivity index (χ4v) is 4.86. The van der Waals surface area contributed by atoms with Crippen molar-refractivity contribution >= 4 is 34.5 Å². The second kappa shape index (κ2) is 9.11. The minimum Gasteiger partial charge on any atom is -0.356 e. The first-order chi connectivity index (χ1) is 13.7. The van der Waals surface area contributed by atoms with Crippen LogP contribution in [0.1, 0.15) is 51.9 Å². The van der Waals surface area contributed by atoms with E-state index in [2.05, 4.69) is 22.2 Å². The van der Waals surface area contributed by atoms with Crippen LogP contribution in [0.5, 0.6) is 0 Å². The molecule has 0 atom stereocenters. The molecular weight excluding hydrogens is 372 g/mol. The Labute approximate surface area is 170 Å². The number of amides is 1. The van der Waals surface area contributed by atoms with Gasteiger partial charge in [0, 0.05) is 26.1 Å². The number of aromatic nitrogens is 4. The number of nitrogens with one attached hydrogen (secondary N) is 1. The Bertz CT molecular complexity index is 810. The highest BCUT2D eigenvalue weighted by Gasteiger charge is 2.21. The smallest absolute Gasteiger partial charge is 0.220 e. The van der Waals surface area contributed by atoms with Gasteiger partial charge in [-0.05, 0) is 37.4 Å². The second-order valence-corrected chi connectivity index (χ2v) is 9.00. The fraction of sp³-hybridized carbons (Fsp3) is 0.700. The zero-order valence-corrected chi connectivity index (χ0v) is 17.5. The third-order valence-electron chi connectivity index (χ3n) is 5.73. The van der Waals surface area contributed by atoms with E-state index in [9.17, 15) is 4.79 Å². The molecular formula is C20H30N6OS. The number of carbonyl (C=O) groups excluding carboxylic acids is 1. The summed E-state index contributed by atoms with van der Waals surface area (Å²) >= 11 is 1.66. The van der Waals surface area contributed by atoms with Gasteiger partial charge in [-0.3, -0.25) is 4.79 Å². The largest absolute Gasteiger partial charge is 0.356 e. The summed E-state index contributed by atoms with van der Waals surface area (Å²) in [4.78, 5) is 24.1. The van der Waals surface area contributed by atoms with Crippen LogP contribution in [0.25, 0.3) is 11.0 Å². The average molecular weight is 403 g/mol. The third-order valence-corrected chi connectivity index (χ3v) is 6.46. The number of anilines is 1. The monoisotopic (exact) mass is 402 g/mol. The Morgan fingerprint density at radius 3 is 2.75 bits per heavy atom. The molecule has 3 heterocycles. The summed E-state index contributed by atoms with van der Waals surface area (Å²) in [5, 5.41) is 9.44. The van der Waals surface area contributed by atoms with Crippen molar-refractivity contribution in [1.29, 1.82) is 0 Å². The van der Waals surface area contributed by atoms with E-state index in [1.165, 1.54) is 38.5 Å². The van der Waals surface area contributed by atoms with E-state index in [1.54, 1.807) is 11.8 Å². The first-order valence-corrected chi connectivity index (χ1v) is 11.6. The molecule has 0 radical (unpaired) electrons.